The van der Waals surface area contributed by atoms with Crippen molar-refractivity contribution in [1.29, 1.82) is 0 Å². The normalized spacial score (nSPS) is 20.7. The zero-order chi connectivity index (χ0) is 20.3. The lowest BCUT2D eigenvalue weighted by Crippen LogP contribution is -2.57. The summed E-state index contributed by atoms with van der Waals surface area (Å²) in [6.45, 7) is 10.6. The topological polar surface area (TPSA) is 23.6 Å². The molecule has 148 valence electrons. The molecule has 2 aromatic rings. The van der Waals surface area contributed by atoms with Gasteiger partial charge in [-0.3, -0.25) is 9.69 Å². The molecule has 1 heterocycles. The molecule has 0 radical (unpaired) electrons. The van der Waals surface area contributed by atoms with E-state index in [2.05, 4.69) is 50.8 Å². The summed E-state index contributed by atoms with van der Waals surface area (Å²) in [7, 11) is 0. The Hall–Kier alpha value is -2.46. The first-order valence-corrected chi connectivity index (χ1v) is 9.88. The van der Waals surface area contributed by atoms with Crippen LogP contribution in [0.4, 0.5) is 4.39 Å². The lowest BCUT2D eigenvalue weighted by molar-refractivity contribution is -0.131. The maximum Gasteiger partial charge on any atom is 0.246 e. The third-order valence-corrected chi connectivity index (χ3v) is 5.53. The molecular formula is C24H29FN2O. The maximum atomic E-state index is 13.1. The van der Waals surface area contributed by atoms with Crippen LogP contribution in [0.5, 0.6) is 0 Å². The molecule has 0 N–H and O–H groups in total. The molecule has 2 atom stereocenters. The fraction of sp³-hybridized carbons (Fsp3) is 0.375. The molecule has 0 bridgehead atoms. The van der Waals surface area contributed by atoms with Gasteiger partial charge >= 0.3 is 0 Å². The van der Waals surface area contributed by atoms with Crippen molar-refractivity contribution in [2.24, 2.45) is 0 Å². The van der Waals surface area contributed by atoms with Gasteiger partial charge in [-0.1, -0.05) is 35.9 Å². The van der Waals surface area contributed by atoms with Gasteiger partial charge in [-0.05, 0) is 62.6 Å². The number of carbonyl (C=O) groups is 1. The Morgan fingerprint density at radius 2 is 1.79 bits per heavy atom. The Kier molecular flexibility index (Phi) is 6.30. The zero-order valence-corrected chi connectivity index (χ0v) is 17.2. The van der Waals surface area contributed by atoms with E-state index in [-0.39, 0.29) is 23.8 Å². The predicted molar refractivity (Wildman–Crippen MR) is 112 cm³/mol. The largest absolute Gasteiger partial charge is 0.334 e. The van der Waals surface area contributed by atoms with Crippen LogP contribution in [0.1, 0.15) is 36.1 Å². The van der Waals surface area contributed by atoms with Crippen molar-refractivity contribution in [3.8, 4) is 0 Å². The quantitative estimate of drug-likeness (QED) is 0.725. The van der Waals surface area contributed by atoms with E-state index in [9.17, 15) is 9.18 Å². The van der Waals surface area contributed by atoms with E-state index in [4.69, 9.17) is 0 Å². The molecule has 1 fully saturated rings. The second kappa shape index (κ2) is 8.70. The predicted octanol–water partition coefficient (Wildman–Crippen LogP) is 4.58. The van der Waals surface area contributed by atoms with Gasteiger partial charge in [0.1, 0.15) is 5.82 Å². The Labute approximate surface area is 167 Å². The van der Waals surface area contributed by atoms with Gasteiger partial charge in [0, 0.05) is 37.8 Å². The highest BCUT2D eigenvalue weighted by atomic mass is 19.1. The van der Waals surface area contributed by atoms with Gasteiger partial charge in [0.05, 0.1) is 0 Å². The molecule has 1 aliphatic rings. The number of piperazine rings is 1. The minimum Gasteiger partial charge on any atom is -0.334 e. The summed E-state index contributed by atoms with van der Waals surface area (Å²) >= 11 is 0. The third kappa shape index (κ3) is 4.87. The summed E-state index contributed by atoms with van der Waals surface area (Å²) in [4.78, 5) is 17.1. The molecule has 3 rings (SSSR count). The first kappa shape index (κ1) is 20.3. The van der Waals surface area contributed by atoms with Crippen LogP contribution < -0.4 is 0 Å². The van der Waals surface area contributed by atoms with Crippen molar-refractivity contribution in [2.45, 2.75) is 46.3 Å². The van der Waals surface area contributed by atoms with Crippen molar-refractivity contribution in [3.05, 3.63) is 76.6 Å². The van der Waals surface area contributed by atoms with Gasteiger partial charge < -0.3 is 4.90 Å². The lowest BCUT2D eigenvalue weighted by Gasteiger charge is -2.44. The summed E-state index contributed by atoms with van der Waals surface area (Å²) in [6.07, 6.45) is 3.61. The van der Waals surface area contributed by atoms with Gasteiger partial charge in [0.2, 0.25) is 5.91 Å². The van der Waals surface area contributed by atoms with Crippen molar-refractivity contribution >= 4 is 12.0 Å². The van der Waals surface area contributed by atoms with Crippen LogP contribution in [0.25, 0.3) is 6.08 Å². The molecule has 1 amide bonds. The number of amides is 1. The number of nitrogens with zero attached hydrogens (tertiary/aromatic N) is 2. The van der Waals surface area contributed by atoms with Gasteiger partial charge in [0.25, 0.3) is 0 Å². The first-order valence-electron chi connectivity index (χ1n) is 9.88. The highest BCUT2D eigenvalue weighted by molar-refractivity contribution is 5.92. The molecule has 2 aromatic carbocycles. The van der Waals surface area contributed by atoms with Gasteiger partial charge in [-0.2, -0.15) is 0 Å². The summed E-state index contributed by atoms with van der Waals surface area (Å²) < 4.78 is 13.1. The first-order chi connectivity index (χ1) is 13.3. The molecule has 28 heavy (non-hydrogen) atoms. The molecule has 1 saturated heterocycles. The zero-order valence-electron chi connectivity index (χ0n) is 17.2. The Balaban J connectivity index is 1.63. The number of aryl methyl sites for hydroxylation is 2. The molecule has 3 nitrogen and oxygen atoms in total. The Bertz CT molecular complexity index is 859. The van der Waals surface area contributed by atoms with Gasteiger partial charge in [-0.25, -0.2) is 4.39 Å². The smallest absolute Gasteiger partial charge is 0.246 e. The van der Waals surface area contributed by atoms with E-state index < -0.39 is 0 Å². The van der Waals surface area contributed by atoms with Crippen LogP contribution in [-0.2, 0) is 11.3 Å². The summed E-state index contributed by atoms with van der Waals surface area (Å²) in [6, 6.07) is 13.3. The van der Waals surface area contributed by atoms with E-state index in [1.165, 1.54) is 23.3 Å². The second-order valence-corrected chi connectivity index (χ2v) is 7.94. The standard InChI is InChI=1S/C24H29FN2O/c1-17-5-8-22(18(2)13-17)9-12-24(28)27-15-19(3)26(14-20(27)4)16-21-6-10-23(25)11-7-21/h5-13,19-20H,14-16H2,1-4H3/t19-,20+/m1/s1. The van der Waals surface area contributed by atoms with Crippen molar-refractivity contribution in [2.75, 3.05) is 13.1 Å². The average Bonchev–Trinajstić information content (AvgIpc) is 2.65. The van der Waals surface area contributed by atoms with Crippen LogP contribution in [-0.4, -0.2) is 40.9 Å². The number of benzene rings is 2. The van der Waals surface area contributed by atoms with Crippen molar-refractivity contribution < 1.29 is 9.18 Å². The molecule has 0 aliphatic carbocycles. The number of carbonyl (C=O) groups excluding carboxylic acids is 1. The number of rotatable bonds is 4. The van der Waals surface area contributed by atoms with Gasteiger partial charge in [-0.15, -0.1) is 0 Å². The van der Waals surface area contributed by atoms with Crippen molar-refractivity contribution in [1.82, 2.24) is 9.80 Å². The highest BCUT2D eigenvalue weighted by Gasteiger charge is 2.30. The van der Waals surface area contributed by atoms with E-state index in [1.54, 1.807) is 6.08 Å². The van der Waals surface area contributed by atoms with Crippen molar-refractivity contribution in [3.63, 3.8) is 0 Å². The van der Waals surface area contributed by atoms with E-state index in [1.807, 2.05) is 23.1 Å². The summed E-state index contributed by atoms with van der Waals surface area (Å²) in [5, 5.41) is 0. The monoisotopic (exact) mass is 380 g/mol. The molecular weight excluding hydrogens is 351 g/mol. The number of halogens is 1. The van der Waals surface area contributed by atoms with Crippen LogP contribution in [0.3, 0.4) is 0 Å². The molecule has 0 saturated carbocycles. The molecule has 0 aromatic heterocycles. The molecule has 4 heteroatoms. The lowest BCUT2D eigenvalue weighted by atomic mass is 10.0. The summed E-state index contributed by atoms with van der Waals surface area (Å²) in [5.41, 5.74) is 4.57. The highest BCUT2D eigenvalue weighted by Crippen LogP contribution is 2.19. The van der Waals surface area contributed by atoms with E-state index >= 15 is 0 Å². The van der Waals surface area contributed by atoms with Gasteiger partial charge in [0.15, 0.2) is 0 Å². The fourth-order valence-electron chi connectivity index (χ4n) is 3.82. The average molecular weight is 381 g/mol. The van der Waals surface area contributed by atoms with E-state index in [0.29, 0.717) is 6.54 Å². The molecule has 0 spiro atoms. The minimum atomic E-state index is -0.212. The minimum absolute atomic E-state index is 0.0563. The van der Waals surface area contributed by atoms with E-state index in [0.717, 1.165) is 24.2 Å². The second-order valence-electron chi connectivity index (χ2n) is 7.94. The van der Waals surface area contributed by atoms with Crippen LogP contribution in [0, 0.1) is 19.7 Å². The number of hydrogen-bond donors (Lipinski definition) is 0. The third-order valence-electron chi connectivity index (χ3n) is 5.53. The molecule has 1 aliphatic heterocycles. The molecule has 0 unspecified atom stereocenters. The number of hydrogen-bond acceptors (Lipinski definition) is 2. The Morgan fingerprint density at radius 1 is 1.07 bits per heavy atom. The fourth-order valence-corrected chi connectivity index (χ4v) is 3.82. The Morgan fingerprint density at radius 3 is 2.46 bits per heavy atom. The SMILES string of the molecule is Cc1ccc(C=CC(=O)N2C[C@@H](C)N(Cc3ccc(F)cc3)C[C@@H]2C)c(C)c1. The van der Waals surface area contributed by atoms with Crippen LogP contribution >= 0.6 is 0 Å². The van der Waals surface area contributed by atoms with Crippen LogP contribution in [0.15, 0.2) is 48.5 Å². The summed E-state index contributed by atoms with van der Waals surface area (Å²) in [5.74, 6) is -0.156. The maximum absolute atomic E-state index is 13.1. The van der Waals surface area contributed by atoms with Crippen LogP contribution in [0.2, 0.25) is 0 Å².